The molecule has 0 spiro atoms. The summed E-state index contributed by atoms with van der Waals surface area (Å²) >= 11 is 0. The predicted octanol–water partition coefficient (Wildman–Crippen LogP) is 3.28. The zero-order chi connectivity index (χ0) is 23.7. The molecule has 29 heavy (non-hydrogen) atoms. The lowest BCUT2D eigenvalue weighted by atomic mass is 9.93. The van der Waals surface area contributed by atoms with Crippen LogP contribution in [0.15, 0.2) is 0 Å². The van der Waals surface area contributed by atoms with Gasteiger partial charge >= 0.3 is 35.8 Å². The summed E-state index contributed by atoms with van der Waals surface area (Å²) in [6.45, 7) is -0.750. The molecule has 0 saturated heterocycles. The summed E-state index contributed by atoms with van der Waals surface area (Å²) in [6, 6.07) is 0. The van der Waals surface area contributed by atoms with Crippen molar-refractivity contribution in [3.63, 3.8) is 0 Å². The molecule has 0 heterocycles. The fourth-order valence-corrected chi connectivity index (χ4v) is 2.82. The molecule has 0 fully saturated rings. The Hall–Kier alpha value is -1.49. The van der Waals surface area contributed by atoms with Crippen LogP contribution in [0.25, 0.3) is 0 Å². The minimum absolute atomic E-state index is 0.0677. The average molecular weight is 483 g/mol. The molecule has 0 saturated carbocycles. The highest BCUT2D eigenvalue weighted by molar-refractivity contribution is 7.91. The second-order valence-electron chi connectivity index (χ2n) is 5.47. The van der Waals surface area contributed by atoms with E-state index in [1.54, 1.807) is 5.32 Å². The Bertz CT molecular complexity index is 687. The number of sulfone groups is 1. The molecule has 1 N–H and O–H groups in total. The molecular weight excluding hydrogens is 473 g/mol. The smallest absolute Gasteiger partial charge is 0.358 e. The van der Waals surface area contributed by atoms with Crippen molar-refractivity contribution in [3.8, 4) is 0 Å². The summed E-state index contributed by atoms with van der Waals surface area (Å²) in [6.07, 6.45) is -10.4. The van der Waals surface area contributed by atoms with E-state index in [2.05, 4.69) is 0 Å². The fourth-order valence-electron chi connectivity index (χ4n) is 1.62. The van der Waals surface area contributed by atoms with E-state index in [1.807, 2.05) is 0 Å². The lowest BCUT2D eigenvalue weighted by Crippen LogP contribution is -2.70. The second kappa shape index (κ2) is 7.98. The first-order valence-corrected chi connectivity index (χ1v) is 8.67. The van der Waals surface area contributed by atoms with E-state index in [0.29, 0.717) is 0 Å². The highest BCUT2D eigenvalue weighted by Crippen LogP contribution is 2.60. The number of alkyl halides is 13. The van der Waals surface area contributed by atoms with E-state index in [1.165, 1.54) is 0 Å². The molecule has 0 aromatic carbocycles. The van der Waals surface area contributed by atoms with Gasteiger partial charge in [0.1, 0.15) is 0 Å². The molecule has 0 aromatic rings. The molecule has 0 aliphatic heterocycles. The van der Waals surface area contributed by atoms with Gasteiger partial charge in [-0.25, -0.2) is 8.42 Å². The highest BCUT2D eigenvalue weighted by atomic mass is 32.2. The highest BCUT2D eigenvalue weighted by Gasteiger charge is 2.90. The van der Waals surface area contributed by atoms with E-state index in [-0.39, 0.29) is 6.41 Å². The SMILES string of the molecule is O=CNCCS(=O)(=O)CCC(F)(F)C(F)(F)C(F)(F)C(F)(F)C(F)(F)C(F)(F)F. The number of amides is 1. The molecule has 0 unspecified atom stereocenters. The first kappa shape index (κ1) is 27.5. The number of rotatable bonds is 11. The Kier molecular flexibility index (Phi) is 7.57. The molecule has 4 nitrogen and oxygen atoms in total. The maximum atomic E-state index is 13.4. The molecule has 0 radical (unpaired) electrons. The van der Waals surface area contributed by atoms with Gasteiger partial charge in [-0.3, -0.25) is 4.79 Å². The zero-order valence-corrected chi connectivity index (χ0v) is 14.3. The maximum absolute atomic E-state index is 13.4. The Morgan fingerprint density at radius 2 is 1.07 bits per heavy atom. The fraction of sp³-hybridized carbons (Fsp3) is 0.909. The molecule has 0 aliphatic carbocycles. The standard InChI is InChI=1S/C11H10F13NO3S/c12-6(13,1-3-29(27,28)4-2-25-5-26)7(14,15)8(16,17)9(18,19)10(20,21)11(22,23)24/h5H,1-4H2,(H,25,26). The van der Waals surface area contributed by atoms with Crippen LogP contribution in [0.5, 0.6) is 0 Å². The molecule has 0 bridgehead atoms. The van der Waals surface area contributed by atoms with Crippen LogP contribution >= 0.6 is 0 Å². The minimum Gasteiger partial charge on any atom is -0.358 e. The quantitative estimate of drug-likeness (QED) is 0.279. The van der Waals surface area contributed by atoms with Gasteiger partial charge in [0.15, 0.2) is 9.84 Å². The molecular formula is C11H10F13NO3S. The van der Waals surface area contributed by atoms with Gasteiger partial charge in [0.05, 0.1) is 11.5 Å². The predicted molar refractivity (Wildman–Crippen MR) is 68.1 cm³/mol. The van der Waals surface area contributed by atoms with E-state index in [4.69, 9.17) is 0 Å². The number of hydrogen-bond donors (Lipinski definition) is 1. The molecule has 1 amide bonds. The average Bonchev–Trinajstić information content (AvgIpc) is 2.51. The van der Waals surface area contributed by atoms with Crippen molar-refractivity contribution in [2.75, 3.05) is 18.1 Å². The van der Waals surface area contributed by atoms with E-state index in [9.17, 15) is 70.3 Å². The van der Waals surface area contributed by atoms with Crippen LogP contribution in [0.2, 0.25) is 0 Å². The van der Waals surface area contributed by atoms with Crippen LogP contribution in [-0.4, -0.2) is 68.7 Å². The van der Waals surface area contributed by atoms with Crippen LogP contribution < -0.4 is 5.32 Å². The summed E-state index contributed by atoms with van der Waals surface area (Å²) in [4.78, 5) is 9.87. The van der Waals surface area contributed by atoms with E-state index < -0.39 is 70.1 Å². The molecule has 174 valence electrons. The van der Waals surface area contributed by atoms with Crippen molar-refractivity contribution >= 4 is 16.2 Å². The number of hydrogen-bond acceptors (Lipinski definition) is 3. The Morgan fingerprint density at radius 3 is 1.45 bits per heavy atom. The maximum Gasteiger partial charge on any atom is 0.460 e. The van der Waals surface area contributed by atoms with Gasteiger partial charge in [0.2, 0.25) is 6.41 Å². The van der Waals surface area contributed by atoms with Crippen LogP contribution in [-0.2, 0) is 14.6 Å². The van der Waals surface area contributed by atoms with Gasteiger partial charge in [-0.05, 0) is 0 Å². The van der Waals surface area contributed by atoms with Crippen molar-refractivity contribution < 1.29 is 70.3 Å². The lowest BCUT2D eigenvalue weighted by Gasteiger charge is -2.39. The number of carbonyl (C=O) groups is 1. The normalized spacial score (nSPS) is 15.3. The van der Waals surface area contributed by atoms with Crippen molar-refractivity contribution in [1.29, 1.82) is 0 Å². The van der Waals surface area contributed by atoms with Crippen molar-refractivity contribution in [1.82, 2.24) is 5.32 Å². The van der Waals surface area contributed by atoms with Gasteiger partial charge in [-0.15, -0.1) is 0 Å². The monoisotopic (exact) mass is 483 g/mol. The Balaban J connectivity index is 5.85. The van der Waals surface area contributed by atoms with Crippen LogP contribution in [0.4, 0.5) is 57.1 Å². The first-order valence-electron chi connectivity index (χ1n) is 6.85. The summed E-state index contributed by atoms with van der Waals surface area (Å²) in [5.74, 6) is -41.1. The first-order chi connectivity index (χ1) is 12.5. The Labute approximate surface area is 153 Å². The second-order valence-corrected chi connectivity index (χ2v) is 7.78. The largest absolute Gasteiger partial charge is 0.460 e. The zero-order valence-electron chi connectivity index (χ0n) is 13.5. The summed E-state index contributed by atoms with van der Waals surface area (Å²) < 4.78 is 189. The number of halogens is 13. The summed E-state index contributed by atoms with van der Waals surface area (Å²) in [5.41, 5.74) is 0. The number of carbonyl (C=O) groups excluding carboxylic acids is 1. The molecule has 18 heteroatoms. The van der Waals surface area contributed by atoms with Gasteiger partial charge in [-0.1, -0.05) is 0 Å². The third-order valence-corrected chi connectivity index (χ3v) is 5.02. The third-order valence-electron chi connectivity index (χ3n) is 3.37. The summed E-state index contributed by atoms with van der Waals surface area (Å²) in [5, 5.41) is 1.70. The summed E-state index contributed by atoms with van der Waals surface area (Å²) in [7, 11) is -4.78. The molecule has 0 atom stereocenters. The van der Waals surface area contributed by atoms with Crippen LogP contribution in [0.1, 0.15) is 6.42 Å². The van der Waals surface area contributed by atoms with Gasteiger partial charge in [0, 0.05) is 13.0 Å². The lowest BCUT2D eigenvalue weighted by molar-refractivity contribution is -0.439. The molecule has 0 rings (SSSR count). The van der Waals surface area contributed by atoms with Crippen LogP contribution in [0.3, 0.4) is 0 Å². The van der Waals surface area contributed by atoms with Crippen LogP contribution in [0, 0.1) is 0 Å². The molecule has 0 aromatic heterocycles. The van der Waals surface area contributed by atoms with Gasteiger partial charge < -0.3 is 5.32 Å². The van der Waals surface area contributed by atoms with E-state index >= 15 is 0 Å². The third kappa shape index (κ3) is 4.99. The van der Waals surface area contributed by atoms with Gasteiger partial charge in [-0.2, -0.15) is 57.1 Å². The number of nitrogens with one attached hydrogen (secondary N) is 1. The molecule has 0 aliphatic rings. The Morgan fingerprint density at radius 1 is 0.655 bits per heavy atom. The topological polar surface area (TPSA) is 63.2 Å². The van der Waals surface area contributed by atoms with E-state index in [0.717, 1.165) is 0 Å². The van der Waals surface area contributed by atoms with Crippen molar-refractivity contribution in [2.24, 2.45) is 0 Å². The van der Waals surface area contributed by atoms with Crippen molar-refractivity contribution in [2.45, 2.75) is 42.2 Å². The van der Waals surface area contributed by atoms with Crippen molar-refractivity contribution in [3.05, 3.63) is 0 Å². The minimum atomic E-state index is -8.03. The van der Waals surface area contributed by atoms with Gasteiger partial charge in [0.25, 0.3) is 0 Å².